The van der Waals surface area contributed by atoms with Crippen LogP contribution in [0.15, 0.2) is 24.3 Å². The first-order valence-electron chi connectivity index (χ1n) is 8.67. The Morgan fingerprint density at radius 3 is 2.58 bits per heavy atom. The summed E-state index contributed by atoms with van der Waals surface area (Å²) in [6.07, 6.45) is 0. The summed E-state index contributed by atoms with van der Waals surface area (Å²) in [7, 11) is 0. The van der Waals surface area contributed by atoms with Crippen molar-refractivity contribution in [3.05, 3.63) is 35.4 Å². The SMILES string of the molecule is CC(=O)N[C@@H]1CN(CC(=O)NCc2ccccc2C)C[C@H]1C(C)C. The van der Waals surface area contributed by atoms with E-state index in [2.05, 4.69) is 29.4 Å². The maximum absolute atomic E-state index is 12.2. The number of likely N-dealkylation sites (tertiary alicyclic amines) is 1. The summed E-state index contributed by atoms with van der Waals surface area (Å²) in [5.41, 5.74) is 2.33. The monoisotopic (exact) mass is 331 g/mol. The Morgan fingerprint density at radius 1 is 1.25 bits per heavy atom. The van der Waals surface area contributed by atoms with Crippen LogP contribution in [-0.4, -0.2) is 42.4 Å². The highest BCUT2D eigenvalue weighted by Crippen LogP contribution is 2.24. The van der Waals surface area contributed by atoms with Crippen molar-refractivity contribution in [3.8, 4) is 0 Å². The van der Waals surface area contributed by atoms with Crippen LogP contribution in [0.2, 0.25) is 0 Å². The minimum absolute atomic E-state index is 0.00324. The highest BCUT2D eigenvalue weighted by atomic mass is 16.2. The Hall–Kier alpha value is -1.88. The molecule has 5 nitrogen and oxygen atoms in total. The first-order valence-corrected chi connectivity index (χ1v) is 8.67. The second-order valence-corrected chi connectivity index (χ2v) is 7.11. The second kappa shape index (κ2) is 8.29. The zero-order chi connectivity index (χ0) is 17.7. The van der Waals surface area contributed by atoms with Crippen LogP contribution in [0.4, 0.5) is 0 Å². The second-order valence-electron chi connectivity index (χ2n) is 7.11. The van der Waals surface area contributed by atoms with Gasteiger partial charge in [0, 0.05) is 32.6 Å². The fourth-order valence-electron chi connectivity index (χ4n) is 3.39. The van der Waals surface area contributed by atoms with E-state index in [4.69, 9.17) is 0 Å². The number of hydrogen-bond acceptors (Lipinski definition) is 3. The maximum Gasteiger partial charge on any atom is 0.234 e. The zero-order valence-corrected chi connectivity index (χ0v) is 15.1. The van der Waals surface area contributed by atoms with Gasteiger partial charge in [0.1, 0.15) is 0 Å². The van der Waals surface area contributed by atoms with Gasteiger partial charge >= 0.3 is 0 Å². The van der Waals surface area contributed by atoms with Crippen molar-refractivity contribution in [1.29, 1.82) is 0 Å². The molecule has 0 spiro atoms. The lowest BCUT2D eigenvalue weighted by atomic mass is 9.91. The molecule has 1 saturated heterocycles. The number of nitrogens with one attached hydrogen (secondary N) is 2. The molecule has 132 valence electrons. The predicted molar refractivity (Wildman–Crippen MR) is 95.4 cm³/mol. The summed E-state index contributed by atoms with van der Waals surface area (Å²) in [6.45, 7) is 10.5. The van der Waals surface area contributed by atoms with Gasteiger partial charge in [0.25, 0.3) is 0 Å². The fraction of sp³-hybridized carbons (Fsp3) is 0.579. The minimum atomic E-state index is -0.00324. The fourth-order valence-corrected chi connectivity index (χ4v) is 3.39. The van der Waals surface area contributed by atoms with Crippen LogP contribution in [-0.2, 0) is 16.1 Å². The van der Waals surface area contributed by atoms with E-state index in [0.29, 0.717) is 24.9 Å². The number of nitrogens with zero attached hydrogens (tertiary/aromatic N) is 1. The van der Waals surface area contributed by atoms with Gasteiger partial charge in [-0.05, 0) is 29.9 Å². The summed E-state index contributed by atoms with van der Waals surface area (Å²) < 4.78 is 0. The molecule has 0 aromatic heterocycles. The van der Waals surface area contributed by atoms with Crippen molar-refractivity contribution < 1.29 is 9.59 Å². The van der Waals surface area contributed by atoms with Crippen LogP contribution in [0.3, 0.4) is 0 Å². The molecule has 0 radical (unpaired) electrons. The molecule has 5 heteroatoms. The average molecular weight is 331 g/mol. The van der Waals surface area contributed by atoms with E-state index in [1.165, 1.54) is 5.56 Å². The maximum atomic E-state index is 12.2. The molecule has 2 N–H and O–H groups in total. The average Bonchev–Trinajstić information content (AvgIpc) is 2.88. The van der Waals surface area contributed by atoms with Crippen LogP contribution in [0.25, 0.3) is 0 Å². The molecule has 1 aromatic carbocycles. The summed E-state index contributed by atoms with van der Waals surface area (Å²) >= 11 is 0. The number of rotatable bonds is 6. The van der Waals surface area contributed by atoms with Gasteiger partial charge in [-0.1, -0.05) is 38.1 Å². The summed E-state index contributed by atoms with van der Waals surface area (Å²) in [5, 5.41) is 6.03. The van der Waals surface area contributed by atoms with E-state index < -0.39 is 0 Å². The Bertz CT molecular complexity index is 586. The summed E-state index contributed by atoms with van der Waals surface area (Å²) in [4.78, 5) is 25.8. The first kappa shape index (κ1) is 18.5. The summed E-state index contributed by atoms with van der Waals surface area (Å²) in [6, 6.07) is 8.20. The molecule has 0 unspecified atom stereocenters. The number of carbonyl (C=O) groups excluding carboxylic acids is 2. The van der Waals surface area contributed by atoms with E-state index in [9.17, 15) is 9.59 Å². The van der Waals surface area contributed by atoms with Crippen LogP contribution >= 0.6 is 0 Å². The Labute approximate surface area is 144 Å². The van der Waals surface area contributed by atoms with E-state index in [-0.39, 0.29) is 17.9 Å². The molecule has 0 aliphatic carbocycles. The first-order chi connectivity index (χ1) is 11.4. The highest BCUT2D eigenvalue weighted by molar-refractivity contribution is 5.78. The van der Waals surface area contributed by atoms with Crippen molar-refractivity contribution >= 4 is 11.8 Å². The summed E-state index contributed by atoms with van der Waals surface area (Å²) in [5.74, 6) is 0.890. The molecule has 1 aliphatic rings. The van der Waals surface area contributed by atoms with E-state index in [1.54, 1.807) is 6.92 Å². The van der Waals surface area contributed by atoms with Gasteiger partial charge in [0.15, 0.2) is 0 Å². The topological polar surface area (TPSA) is 61.4 Å². The van der Waals surface area contributed by atoms with Gasteiger partial charge < -0.3 is 10.6 Å². The molecular weight excluding hydrogens is 302 g/mol. The van der Waals surface area contributed by atoms with Crippen LogP contribution in [0, 0.1) is 18.8 Å². The van der Waals surface area contributed by atoms with Gasteiger partial charge in [-0.15, -0.1) is 0 Å². The van der Waals surface area contributed by atoms with E-state index >= 15 is 0 Å². The smallest absolute Gasteiger partial charge is 0.234 e. The lowest BCUT2D eigenvalue weighted by Crippen LogP contribution is -2.41. The highest BCUT2D eigenvalue weighted by Gasteiger charge is 2.35. The molecular formula is C19H29N3O2. The molecule has 0 bridgehead atoms. The van der Waals surface area contributed by atoms with Crippen LogP contribution < -0.4 is 10.6 Å². The third kappa shape index (κ3) is 5.06. The standard InChI is InChI=1S/C19H29N3O2/c1-13(2)17-10-22(11-18(17)21-15(4)23)12-19(24)20-9-16-8-6-5-7-14(16)3/h5-8,13,17-18H,9-12H2,1-4H3,(H,20,24)(H,21,23)/t17-,18+/m0/s1. The number of aryl methyl sites for hydroxylation is 1. The quantitative estimate of drug-likeness (QED) is 0.834. The van der Waals surface area contributed by atoms with Crippen molar-refractivity contribution in [3.63, 3.8) is 0 Å². The normalized spacial score (nSPS) is 21.0. The molecule has 0 saturated carbocycles. The van der Waals surface area contributed by atoms with Crippen molar-refractivity contribution in [2.75, 3.05) is 19.6 Å². The van der Waals surface area contributed by atoms with Crippen molar-refractivity contribution in [2.45, 2.75) is 40.3 Å². The van der Waals surface area contributed by atoms with Gasteiger partial charge in [-0.25, -0.2) is 0 Å². The zero-order valence-electron chi connectivity index (χ0n) is 15.1. The van der Waals surface area contributed by atoms with Gasteiger partial charge in [-0.2, -0.15) is 0 Å². The van der Waals surface area contributed by atoms with Crippen molar-refractivity contribution in [2.24, 2.45) is 11.8 Å². The Kier molecular flexibility index (Phi) is 6.37. The third-order valence-electron chi connectivity index (χ3n) is 4.79. The van der Waals surface area contributed by atoms with Crippen LogP contribution in [0.1, 0.15) is 31.9 Å². The molecule has 2 rings (SSSR count). The Balaban J connectivity index is 1.85. The van der Waals surface area contributed by atoms with Crippen LogP contribution in [0.5, 0.6) is 0 Å². The molecule has 1 aliphatic heterocycles. The predicted octanol–water partition coefficient (Wildman–Crippen LogP) is 1.70. The van der Waals surface area contributed by atoms with Gasteiger partial charge in [0.05, 0.1) is 6.54 Å². The molecule has 2 atom stereocenters. The lowest BCUT2D eigenvalue weighted by Gasteiger charge is -2.22. The molecule has 2 amide bonds. The molecule has 24 heavy (non-hydrogen) atoms. The van der Waals surface area contributed by atoms with Gasteiger partial charge in [0.2, 0.25) is 11.8 Å². The molecule has 1 heterocycles. The molecule has 1 aromatic rings. The van der Waals surface area contributed by atoms with E-state index in [1.807, 2.05) is 31.2 Å². The number of amides is 2. The third-order valence-corrected chi connectivity index (χ3v) is 4.79. The molecule has 1 fully saturated rings. The number of benzene rings is 1. The minimum Gasteiger partial charge on any atom is -0.352 e. The van der Waals surface area contributed by atoms with E-state index in [0.717, 1.165) is 18.7 Å². The number of hydrogen-bond donors (Lipinski definition) is 2. The number of carbonyl (C=O) groups is 2. The van der Waals surface area contributed by atoms with Gasteiger partial charge in [-0.3, -0.25) is 14.5 Å². The lowest BCUT2D eigenvalue weighted by molar-refractivity contribution is -0.122. The largest absolute Gasteiger partial charge is 0.352 e. The Morgan fingerprint density at radius 2 is 1.96 bits per heavy atom. The van der Waals surface area contributed by atoms with Crippen molar-refractivity contribution in [1.82, 2.24) is 15.5 Å².